The molecule has 3 aromatic carbocycles. The fraction of sp³-hybridized carbons (Fsp3) is 0.0870. The largest absolute Gasteiger partial charge is 0.263 e. The molecule has 170 valence electrons. The van der Waals surface area contributed by atoms with Gasteiger partial charge in [-0.25, -0.2) is 26.5 Å². The first kappa shape index (κ1) is 23.1. The third-order valence-electron chi connectivity index (χ3n) is 4.98. The van der Waals surface area contributed by atoms with Gasteiger partial charge in [-0.1, -0.05) is 60.7 Å². The van der Waals surface area contributed by atoms with Crippen molar-refractivity contribution >= 4 is 36.5 Å². The molecule has 10 heteroatoms. The average Bonchev–Trinajstić information content (AvgIpc) is 3.33. The highest BCUT2D eigenvalue weighted by atomic mass is 32.2. The SMILES string of the molecule is O=S(=O)(NCC(c1ccccc1)c1ccccc1)c1ccc(S(=O)(=O)Nc2nccs2)cc1. The lowest BCUT2D eigenvalue weighted by molar-refractivity contribution is 0.577. The van der Waals surface area contributed by atoms with Crippen LogP contribution >= 0.6 is 11.3 Å². The summed E-state index contributed by atoms with van der Waals surface area (Å²) in [5.74, 6) is -0.177. The van der Waals surface area contributed by atoms with Crippen molar-refractivity contribution in [3.63, 3.8) is 0 Å². The van der Waals surface area contributed by atoms with Crippen molar-refractivity contribution in [3.05, 3.63) is 108 Å². The van der Waals surface area contributed by atoms with Gasteiger partial charge < -0.3 is 0 Å². The number of hydrogen-bond acceptors (Lipinski definition) is 6. The second kappa shape index (κ2) is 9.84. The summed E-state index contributed by atoms with van der Waals surface area (Å²) in [5, 5.41) is 1.89. The van der Waals surface area contributed by atoms with Gasteiger partial charge in [-0.05, 0) is 35.4 Å². The van der Waals surface area contributed by atoms with Crippen molar-refractivity contribution in [2.75, 3.05) is 11.3 Å². The van der Waals surface area contributed by atoms with Crippen molar-refractivity contribution in [3.8, 4) is 0 Å². The second-order valence-electron chi connectivity index (χ2n) is 7.14. The topological polar surface area (TPSA) is 105 Å². The van der Waals surface area contributed by atoms with Gasteiger partial charge in [-0.15, -0.1) is 11.3 Å². The first-order valence-electron chi connectivity index (χ1n) is 9.97. The maximum atomic E-state index is 12.9. The maximum absolute atomic E-state index is 12.9. The van der Waals surface area contributed by atoms with Gasteiger partial charge in [0, 0.05) is 24.0 Å². The van der Waals surface area contributed by atoms with E-state index in [4.69, 9.17) is 0 Å². The zero-order chi connectivity index (χ0) is 23.3. The van der Waals surface area contributed by atoms with E-state index in [1.807, 2.05) is 60.7 Å². The summed E-state index contributed by atoms with van der Waals surface area (Å²) < 4.78 is 55.9. The molecule has 0 saturated heterocycles. The Labute approximate surface area is 197 Å². The van der Waals surface area contributed by atoms with Gasteiger partial charge >= 0.3 is 0 Å². The van der Waals surface area contributed by atoms with E-state index in [1.165, 1.54) is 30.5 Å². The first-order valence-corrected chi connectivity index (χ1v) is 13.8. The summed E-state index contributed by atoms with van der Waals surface area (Å²) in [5.41, 5.74) is 1.97. The Morgan fingerprint density at radius 3 is 1.73 bits per heavy atom. The Morgan fingerprint density at radius 2 is 1.24 bits per heavy atom. The number of rotatable bonds is 9. The number of benzene rings is 3. The number of aromatic nitrogens is 1. The minimum Gasteiger partial charge on any atom is -0.255 e. The predicted octanol–water partition coefficient (Wildman–Crippen LogP) is 4.05. The molecule has 0 unspecified atom stereocenters. The van der Waals surface area contributed by atoms with Crippen molar-refractivity contribution in [1.82, 2.24) is 9.71 Å². The minimum absolute atomic E-state index is 0.0180. The molecule has 4 rings (SSSR count). The highest BCUT2D eigenvalue weighted by Crippen LogP contribution is 2.25. The van der Waals surface area contributed by atoms with Gasteiger partial charge in [0.25, 0.3) is 10.0 Å². The van der Waals surface area contributed by atoms with Crippen molar-refractivity contribution in [2.45, 2.75) is 15.7 Å². The molecule has 33 heavy (non-hydrogen) atoms. The highest BCUT2D eigenvalue weighted by Gasteiger charge is 2.21. The molecule has 0 aliphatic carbocycles. The number of sulfonamides is 2. The summed E-state index contributed by atoms with van der Waals surface area (Å²) in [4.78, 5) is 3.83. The van der Waals surface area contributed by atoms with Gasteiger partial charge in [0.1, 0.15) is 0 Å². The Balaban J connectivity index is 1.52. The quantitative estimate of drug-likeness (QED) is 0.361. The van der Waals surface area contributed by atoms with Crippen molar-refractivity contribution in [2.24, 2.45) is 0 Å². The third kappa shape index (κ3) is 5.66. The molecule has 1 heterocycles. The predicted molar refractivity (Wildman–Crippen MR) is 129 cm³/mol. The van der Waals surface area contributed by atoms with Crippen LogP contribution in [0.2, 0.25) is 0 Å². The first-order chi connectivity index (χ1) is 15.9. The smallest absolute Gasteiger partial charge is 0.255 e. The van der Waals surface area contributed by atoms with E-state index in [9.17, 15) is 16.8 Å². The van der Waals surface area contributed by atoms with Gasteiger partial charge in [0.05, 0.1) is 9.79 Å². The lowest BCUT2D eigenvalue weighted by Gasteiger charge is -2.19. The number of nitrogens with one attached hydrogen (secondary N) is 2. The molecule has 0 aliphatic heterocycles. The molecule has 0 fully saturated rings. The standard InChI is InChI=1S/C23H21N3O4S3/c27-32(28,20-11-13-21(14-12-20)33(29,30)26-23-24-15-16-31-23)25-17-22(18-7-3-1-4-8-18)19-9-5-2-6-10-19/h1-16,22,25H,17H2,(H,24,26). The van der Waals surface area contributed by atoms with Crippen LogP contribution in [0.3, 0.4) is 0 Å². The van der Waals surface area contributed by atoms with Gasteiger partial charge in [0.2, 0.25) is 10.0 Å². The van der Waals surface area contributed by atoms with Gasteiger partial charge in [-0.3, -0.25) is 4.72 Å². The zero-order valence-corrected chi connectivity index (χ0v) is 19.8. The van der Waals surface area contributed by atoms with Crippen molar-refractivity contribution < 1.29 is 16.8 Å². The van der Waals surface area contributed by atoms with Crippen LogP contribution in [0.5, 0.6) is 0 Å². The van der Waals surface area contributed by atoms with E-state index in [1.54, 1.807) is 5.38 Å². The number of nitrogens with zero attached hydrogens (tertiary/aromatic N) is 1. The normalized spacial score (nSPS) is 12.0. The number of anilines is 1. The Hall–Kier alpha value is -3.05. The third-order valence-corrected chi connectivity index (χ3v) is 8.59. The number of hydrogen-bond donors (Lipinski definition) is 2. The van der Waals surface area contributed by atoms with Crippen LogP contribution in [-0.2, 0) is 20.0 Å². The van der Waals surface area contributed by atoms with Gasteiger partial charge in [-0.2, -0.15) is 0 Å². The van der Waals surface area contributed by atoms with E-state index in [-0.39, 0.29) is 27.4 Å². The van der Waals surface area contributed by atoms with E-state index < -0.39 is 20.0 Å². The molecule has 0 saturated carbocycles. The Morgan fingerprint density at radius 1 is 0.727 bits per heavy atom. The summed E-state index contributed by atoms with van der Waals surface area (Å²) in [6, 6.07) is 24.4. The molecule has 4 aromatic rings. The summed E-state index contributed by atoms with van der Waals surface area (Å²) >= 11 is 1.15. The lowest BCUT2D eigenvalue weighted by Crippen LogP contribution is -2.29. The fourth-order valence-electron chi connectivity index (χ4n) is 3.32. The molecule has 0 bridgehead atoms. The molecule has 1 aromatic heterocycles. The minimum atomic E-state index is -3.86. The summed E-state index contributed by atoms with van der Waals surface area (Å²) in [7, 11) is -7.72. The molecular formula is C23H21N3O4S3. The fourth-order valence-corrected chi connectivity index (χ4v) is 6.16. The zero-order valence-electron chi connectivity index (χ0n) is 17.3. The Bertz CT molecular complexity index is 1350. The summed E-state index contributed by atoms with van der Waals surface area (Å²) in [6.45, 7) is 0.155. The van der Waals surface area contributed by atoms with E-state index in [0.717, 1.165) is 22.5 Å². The van der Waals surface area contributed by atoms with Crippen LogP contribution in [0.15, 0.2) is 106 Å². The van der Waals surface area contributed by atoms with Crippen LogP contribution < -0.4 is 9.44 Å². The van der Waals surface area contributed by atoms with Crippen LogP contribution in [0, 0.1) is 0 Å². The second-order valence-corrected chi connectivity index (χ2v) is 11.5. The molecule has 2 N–H and O–H groups in total. The molecule has 7 nitrogen and oxygen atoms in total. The Kier molecular flexibility index (Phi) is 6.89. The van der Waals surface area contributed by atoms with Crippen LogP contribution in [0.1, 0.15) is 17.0 Å². The van der Waals surface area contributed by atoms with Crippen LogP contribution in [-0.4, -0.2) is 28.4 Å². The maximum Gasteiger partial charge on any atom is 0.263 e. The van der Waals surface area contributed by atoms with Crippen LogP contribution in [0.4, 0.5) is 5.13 Å². The van der Waals surface area contributed by atoms with E-state index >= 15 is 0 Å². The van der Waals surface area contributed by atoms with Crippen molar-refractivity contribution in [1.29, 1.82) is 0 Å². The van der Waals surface area contributed by atoms with E-state index in [2.05, 4.69) is 14.4 Å². The average molecular weight is 500 g/mol. The molecule has 0 atom stereocenters. The van der Waals surface area contributed by atoms with Gasteiger partial charge in [0.15, 0.2) is 5.13 Å². The lowest BCUT2D eigenvalue weighted by atomic mass is 9.92. The summed E-state index contributed by atoms with van der Waals surface area (Å²) in [6.07, 6.45) is 1.49. The molecule has 0 radical (unpaired) electrons. The molecule has 0 amide bonds. The molecule has 0 aliphatic rings. The van der Waals surface area contributed by atoms with Crippen LogP contribution in [0.25, 0.3) is 0 Å². The highest BCUT2D eigenvalue weighted by molar-refractivity contribution is 7.93. The van der Waals surface area contributed by atoms with E-state index in [0.29, 0.717) is 0 Å². The number of thiazole rings is 1. The molecule has 0 spiro atoms. The molecular weight excluding hydrogens is 478 g/mol. The monoisotopic (exact) mass is 499 g/mol.